The quantitative estimate of drug-likeness (QED) is 0.157. The molecule has 0 saturated carbocycles. The van der Waals surface area contributed by atoms with Crippen LogP contribution in [0.15, 0.2) is 0 Å². The molecule has 0 aromatic carbocycles. The van der Waals surface area contributed by atoms with Crippen LogP contribution >= 0.6 is 0 Å². The molecule has 6 atom stereocenters. The van der Waals surface area contributed by atoms with Gasteiger partial charge in [-0.25, -0.2) is 17.6 Å². The SMILES string of the molecule is COCC(COC(F)(F)C(F)OC)OC(F)(F)C(F)OC.COCC(COC(F)(F)C(F)OC)OC(F)(F)C(F)OC. The largest absolute Gasteiger partial charge is 0.412 e. The lowest BCUT2D eigenvalue weighted by Crippen LogP contribution is -2.44. The molecule has 0 aromatic heterocycles. The standard InChI is InChI=1S/2C10H16F6O5/c2*1-17-4-6(21-10(15,16)8(12)19-3)5-20-9(13,14)7(11)18-2/h2*6-8H,4-5H2,1-3H3. The molecule has 0 radical (unpaired) electrons. The first-order valence-corrected chi connectivity index (χ1v) is 11.0. The molecule has 256 valence electrons. The summed E-state index contributed by atoms with van der Waals surface area (Å²) < 4.78 is 195. The van der Waals surface area contributed by atoms with Crippen LogP contribution in [0.3, 0.4) is 0 Å². The highest BCUT2D eigenvalue weighted by Crippen LogP contribution is 2.29. The number of hydrogen-bond donors (Lipinski definition) is 0. The zero-order chi connectivity index (χ0) is 33.4. The van der Waals surface area contributed by atoms with Crippen LogP contribution in [0.2, 0.25) is 0 Å². The van der Waals surface area contributed by atoms with Gasteiger partial charge in [-0.15, -0.1) is 0 Å². The minimum atomic E-state index is -4.42. The highest BCUT2D eigenvalue weighted by molar-refractivity contribution is 4.67. The second-order valence-electron chi connectivity index (χ2n) is 7.47. The molecule has 0 amide bonds. The maximum atomic E-state index is 13.1. The molecular weight excluding hydrogens is 628 g/mol. The number of methoxy groups -OCH3 is 6. The monoisotopic (exact) mass is 660 g/mol. The number of hydrogen-bond acceptors (Lipinski definition) is 10. The van der Waals surface area contributed by atoms with E-state index in [0.717, 1.165) is 14.2 Å². The Morgan fingerprint density at radius 2 is 0.643 bits per heavy atom. The zero-order valence-corrected chi connectivity index (χ0v) is 22.9. The lowest BCUT2D eigenvalue weighted by molar-refractivity contribution is -0.367. The third-order valence-corrected chi connectivity index (χ3v) is 4.16. The molecule has 0 saturated heterocycles. The minimum absolute atomic E-state index is 0.633. The molecule has 0 aliphatic heterocycles. The topological polar surface area (TPSA) is 92.3 Å². The zero-order valence-electron chi connectivity index (χ0n) is 22.9. The van der Waals surface area contributed by atoms with Crippen molar-refractivity contribution in [2.75, 3.05) is 69.1 Å². The van der Waals surface area contributed by atoms with Crippen molar-refractivity contribution < 1.29 is 100 Å². The van der Waals surface area contributed by atoms with Gasteiger partial charge in [-0.1, -0.05) is 0 Å². The van der Waals surface area contributed by atoms with Crippen molar-refractivity contribution in [3.63, 3.8) is 0 Å². The normalized spacial score (nSPS) is 17.6. The fraction of sp³-hybridized carbons (Fsp3) is 1.00. The molecule has 0 N–H and O–H groups in total. The summed E-state index contributed by atoms with van der Waals surface area (Å²) in [6.45, 7) is -3.66. The lowest BCUT2D eigenvalue weighted by atomic mass is 10.4. The Kier molecular flexibility index (Phi) is 20.3. The van der Waals surface area contributed by atoms with Crippen LogP contribution in [0.5, 0.6) is 0 Å². The summed E-state index contributed by atoms with van der Waals surface area (Å²) in [6, 6.07) is 0. The van der Waals surface area contributed by atoms with E-state index in [2.05, 4.69) is 47.4 Å². The summed E-state index contributed by atoms with van der Waals surface area (Å²) in [4.78, 5) is 0. The maximum Gasteiger partial charge on any atom is 0.412 e. The summed E-state index contributed by atoms with van der Waals surface area (Å²) in [7, 11) is 4.75. The molecule has 42 heavy (non-hydrogen) atoms. The molecule has 0 spiro atoms. The fourth-order valence-corrected chi connectivity index (χ4v) is 2.24. The van der Waals surface area contributed by atoms with Crippen LogP contribution in [-0.4, -0.2) is 131 Å². The Hall–Kier alpha value is -1.24. The first-order chi connectivity index (χ1) is 19.2. The van der Waals surface area contributed by atoms with E-state index in [4.69, 9.17) is 0 Å². The Morgan fingerprint density at radius 3 is 0.857 bits per heavy atom. The number of ether oxygens (including phenoxy) is 10. The Bertz CT molecular complexity index is 642. The third kappa shape index (κ3) is 16.0. The van der Waals surface area contributed by atoms with Crippen molar-refractivity contribution >= 4 is 0 Å². The summed E-state index contributed by atoms with van der Waals surface area (Å²) in [5.41, 5.74) is 0. The average Bonchev–Trinajstić information content (AvgIpc) is 2.92. The number of rotatable bonds is 22. The van der Waals surface area contributed by atoms with Gasteiger partial charge in [-0.2, -0.15) is 35.1 Å². The molecule has 0 aliphatic rings. The first kappa shape index (κ1) is 42.9. The van der Waals surface area contributed by atoms with E-state index in [0.29, 0.717) is 28.4 Å². The average molecular weight is 660 g/mol. The minimum Gasteiger partial charge on any atom is -0.382 e. The van der Waals surface area contributed by atoms with Crippen LogP contribution < -0.4 is 0 Å². The number of alkyl halides is 12. The molecule has 0 fully saturated rings. The fourth-order valence-electron chi connectivity index (χ4n) is 2.24. The molecule has 6 unspecified atom stereocenters. The van der Waals surface area contributed by atoms with Gasteiger partial charge in [0.2, 0.25) is 0 Å². The van der Waals surface area contributed by atoms with E-state index in [-0.39, 0.29) is 0 Å². The summed E-state index contributed by atoms with van der Waals surface area (Å²) in [5, 5.41) is 0. The van der Waals surface area contributed by atoms with E-state index in [1.54, 1.807) is 0 Å². The van der Waals surface area contributed by atoms with Gasteiger partial charge < -0.3 is 47.4 Å². The van der Waals surface area contributed by atoms with Crippen LogP contribution in [0, 0.1) is 0 Å². The highest BCUT2D eigenvalue weighted by atomic mass is 19.3. The third-order valence-electron chi connectivity index (χ3n) is 4.16. The summed E-state index contributed by atoms with van der Waals surface area (Å²) in [5.74, 6) is 0. The van der Waals surface area contributed by atoms with Gasteiger partial charge in [0.25, 0.3) is 25.4 Å². The van der Waals surface area contributed by atoms with E-state index >= 15 is 0 Å². The van der Waals surface area contributed by atoms with Gasteiger partial charge in [-0.3, -0.25) is 0 Å². The van der Waals surface area contributed by atoms with Gasteiger partial charge in [0.15, 0.2) is 0 Å². The first-order valence-electron chi connectivity index (χ1n) is 11.0. The van der Waals surface area contributed by atoms with E-state index < -0.39 is 88.5 Å². The summed E-state index contributed by atoms with van der Waals surface area (Å²) in [6.07, 6.45) is -33.7. The number of halogens is 12. The Morgan fingerprint density at radius 1 is 0.405 bits per heavy atom. The maximum absolute atomic E-state index is 13.1. The van der Waals surface area contributed by atoms with Crippen molar-refractivity contribution in [3.05, 3.63) is 0 Å². The van der Waals surface area contributed by atoms with Crippen molar-refractivity contribution in [1.29, 1.82) is 0 Å². The Balaban J connectivity index is 0. The van der Waals surface area contributed by atoms with Crippen molar-refractivity contribution in [3.8, 4) is 0 Å². The van der Waals surface area contributed by atoms with E-state index in [1.165, 1.54) is 0 Å². The van der Waals surface area contributed by atoms with Gasteiger partial charge in [0.1, 0.15) is 12.2 Å². The lowest BCUT2D eigenvalue weighted by Gasteiger charge is -2.27. The van der Waals surface area contributed by atoms with Crippen LogP contribution in [0.25, 0.3) is 0 Å². The van der Waals surface area contributed by atoms with Crippen LogP contribution in [0.4, 0.5) is 52.7 Å². The van der Waals surface area contributed by atoms with E-state index in [9.17, 15) is 52.7 Å². The summed E-state index contributed by atoms with van der Waals surface area (Å²) >= 11 is 0. The molecular formula is C20H32F12O10. The van der Waals surface area contributed by atoms with Crippen molar-refractivity contribution in [2.24, 2.45) is 0 Å². The molecule has 22 heteroatoms. The van der Waals surface area contributed by atoms with Crippen molar-refractivity contribution in [2.45, 2.75) is 62.1 Å². The van der Waals surface area contributed by atoms with Crippen molar-refractivity contribution in [1.82, 2.24) is 0 Å². The van der Waals surface area contributed by atoms with E-state index in [1.807, 2.05) is 0 Å². The predicted octanol–water partition coefficient (Wildman–Crippen LogP) is 4.21. The van der Waals surface area contributed by atoms with Crippen LogP contribution in [-0.2, 0) is 47.4 Å². The molecule has 10 nitrogen and oxygen atoms in total. The molecule has 0 aliphatic carbocycles. The smallest absolute Gasteiger partial charge is 0.382 e. The van der Waals surface area contributed by atoms with Gasteiger partial charge in [0, 0.05) is 42.7 Å². The van der Waals surface area contributed by atoms with Gasteiger partial charge >= 0.3 is 24.4 Å². The molecule has 0 bridgehead atoms. The molecule has 0 aromatic rings. The molecule has 0 heterocycles. The molecule has 0 rings (SSSR count). The van der Waals surface area contributed by atoms with Gasteiger partial charge in [0.05, 0.1) is 26.4 Å². The van der Waals surface area contributed by atoms with Crippen LogP contribution in [0.1, 0.15) is 0 Å². The Labute approximate surface area is 232 Å². The second-order valence-corrected chi connectivity index (χ2v) is 7.47. The highest BCUT2D eigenvalue weighted by Gasteiger charge is 2.48. The van der Waals surface area contributed by atoms with Gasteiger partial charge in [-0.05, 0) is 0 Å². The second kappa shape index (κ2) is 19.9. The predicted molar refractivity (Wildman–Crippen MR) is 113 cm³/mol.